The number of carbonyl (C=O) groups excluding carboxylic acids is 3. The van der Waals surface area contributed by atoms with Crippen LogP contribution in [0.5, 0.6) is 0 Å². The van der Waals surface area contributed by atoms with Crippen LogP contribution in [0.2, 0.25) is 0 Å². The van der Waals surface area contributed by atoms with Crippen molar-refractivity contribution in [2.24, 2.45) is 0 Å². The van der Waals surface area contributed by atoms with Crippen molar-refractivity contribution in [2.75, 3.05) is 17.6 Å². The predicted octanol–water partition coefficient (Wildman–Crippen LogP) is 6.20. The Morgan fingerprint density at radius 2 is 1.59 bits per heavy atom. The SMILES string of the molecule is CCCN(C(=O)C(CS)NC(=O)OC(C)(C)C)C(C(=O)Nc1ccc2ccccc2c1)c1cc(C)cc(C)c1. The molecular weight excluding hydrogens is 510 g/mol. The molecule has 208 valence electrons. The minimum absolute atomic E-state index is 0.0458. The van der Waals surface area contributed by atoms with E-state index in [-0.39, 0.29) is 11.7 Å². The third kappa shape index (κ3) is 8.23. The molecule has 3 aromatic rings. The van der Waals surface area contributed by atoms with E-state index in [0.717, 1.165) is 21.9 Å². The number of hydrogen-bond acceptors (Lipinski definition) is 5. The van der Waals surface area contributed by atoms with E-state index in [4.69, 9.17) is 4.74 Å². The quantitative estimate of drug-likeness (QED) is 0.278. The number of benzene rings is 3. The van der Waals surface area contributed by atoms with E-state index in [0.29, 0.717) is 24.2 Å². The number of fused-ring (bicyclic) bond motifs is 1. The summed E-state index contributed by atoms with van der Waals surface area (Å²) in [6.07, 6.45) is -0.0999. The van der Waals surface area contributed by atoms with Crippen molar-refractivity contribution in [3.8, 4) is 0 Å². The molecule has 0 saturated carbocycles. The maximum absolute atomic E-state index is 14.0. The smallest absolute Gasteiger partial charge is 0.408 e. The highest BCUT2D eigenvalue weighted by molar-refractivity contribution is 7.80. The highest BCUT2D eigenvalue weighted by Crippen LogP contribution is 2.28. The number of alkyl carbamates (subject to hydrolysis) is 1. The minimum atomic E-state index is -0.975. The second-order valence-corrected chi connectivity index (χ2v) is 11.2. The number of rotatable bonds is 9. The predicted molar refractivity (Wildman–Crippen MR) is 160 cm³/mol. The van der Waals surface area contributed by atoms with E-state index in [9.17, 15) is 14.4 Å². The highest BCUT2D eigenvalue weighted by Gasteiger charge is 2.35. The van der Waals surface area contributed by atoms with Crippen LogP contribution in [0.25, 0.3) is 10.8 Å². The number of nitrogens with zero attached hydrogens (tertiary/aromatic N) is 1. The summed E-state index contributed by atoms with van der Waals surface area (Å²) in [5.41, 5.74) is 2.57. The summed E-state index contributed by atoms with van der Waals surface area (Å²) in [5.74, 6) is -0.702. The normalized spacial score (nSPS) is 12.9. The van der Waals surface area contributed by atoms with E-state index in [1.165, 1.54) is 4.90 Å². The molecule has 3 aromatic carbocycles. The van der Waals surface area contributed by atoms with E-state index in [1.807, 2.05) is 81.4 Å². The second-order valence-electron chi connectivity index (χ2n) is 10.8. The third-order valence-corrected chi connectivity index (χ3v) is 6.42. The fraction of sp³-hybridized carbons (Fsp3) is 0.387. The number of nitrogens with one attached hydrogen (secondary N) is 2. The van der Waals surface area contributed by atoms with Gasteiger partial charge in [0.25, 0.3) is 5.91 Å². The van der Waals surface area contributed by atoms with Crippen LogP contribution < -0.4 is 10.6 Å². The Hall–Kier alpha value is -3.52. The van der Waals surface area contributed by atoms with Crippen molar-refractivity contribution in [3.63, 3.8) is 0 Å². The van der Waals surface area contributed by atoms with Crippen molar-refractivity contribution >= 4 is 47.0 Å². The molecule has 8 heteroatoms. The Bertz CT molecular complexity index is 1310. The maximum Gasteiger partial charge on any atom is 0.408 e. The van der Waals surface area contributed by atoms with E-state index in [2.05, 4.69) is 23.3 Å². The zero-order chi connectivity index (χ0) is 28.7. The van der Waals surface area contributed by atoms with Crippen molar-refractivity contribution in [1.82, 2.24) is 10.2 Å². The molecular formula is C31H39N3O4S. The van der Waals surface area contributed by atoms with Crippen molar-refractivity contribution in [2.45, 2.75) is 65.6 Å². The molecule has 39 heavy (non-hydrogen) atoms. The van der Waals surface area contributed by atoms with Crippen LogP contribution in [0.1, 0.15) is 56.8 Å². The summed E-state index contributed by atoms with van der Waals surface area (Å²) < 4.78 is 5.36. The molecule has 0 radical (unpaired) electrons. The standard InChI is InChI=1S/C31H39N3O4S/c1-7-14-34(29(36)26(19-39)33-30(37)38-31(4,5)6)27(24-16-20(2)15-21(3)17-24)28(35)32-25-13-12-22-10-8-9-11-23(22)18-25/h8-13,15-18,26-27,39H,7,14,19H2,1-6H3,(H,32,35)(H,33,37). The van der Waals surface area contributed by atoms with Crippen LogP contribution in [0.15, 0.2) is 60.7 Å². The number of thiol groups is 1. The number of amides is 3. The van der Waals surface area contributed by atoms with Gasteiger partial charge >= 0.3 is 6.09 Å². The number of hydrogen-bond donors (Lipinski definition) is 3. The van der Waals surface area contributed by atoms with Gasteiger partial charge in [0.2, 0.25) is 5.91 Å². The molecule has 2 N–H and O–H groups in total. The zero-order valence-corrected chi connectivity index (χ0v) is 24.5. The molecule has 0 spiro atoms. The summed E-state index contributed by atoms with van der Waals surface area (Å²) in [5, 5.41) is 7.73. The molecule has 7 nitrogen and oxygen atoms in total. The van der Waals surface area contributed by atoms with Crippen LogP contribution in [0.4, 0.5) is 10.5 Å². The van der Waals surface area contributed by atoms with Crippen LogP contribution >= 0.6 is 12.6 Å². The first-order valence-corrected chi connectivity index (χ1v) is 13.8. The first-order chi connectivity index (χ1) is 18.4. The molecule has 0 aliphatic heterocycles. The maximum atomic E-state index is 14.0. The monoisotopic (exact) mass is 549 g/mol. The Labute approximate surface area is 236 Å². The van der Waals surface area contributed by atoms with Gasteiger partial charge in [-0.3, -0.25) is 9.59 Å². The number of ether oxygens (including phenoxy) is 1. The van der Waals surface area contributed by atoms with Gasteiger partial charge in [0.15, 0.2) is 0 Å². The minimum Gasteiger partial charge on any atom is -0.444 e. The molecule has 3 amide bonds. The molecule has 2 atom stereocenters. The highest BCUT2D eigenvalue weighted by atomic mass is 32.1. The summed E-state index contributed by atoms with van der Waals surface area (Å²) in [6, 6.07) is 17.6. The Kier molecular flexibility index (Phi) is 10.0. The second kappa shape index (κ2) is 13.0. The largest absolute Gasteiger partial charge is 0.444 e. The lowest BCUT2D eigenvalue weighted by Gasteiger charge is -2.34. The fourth-order valence-corrected chi connectivity index (χ4v) is 4.81. The Morgan fingerprint density at radius 3 is 2.18 bits per heavy atom. The first-order valence-electron chi connectivity index (χ1n) is 13.2. The van der Waals surface area contributed by atoms with E-state index >= 15 is 0 Å². The van der Waals surface area contributed by atoms with E-state index < -0.39 is 29.7 Å². The molecule has 3 rings (SSSR count). The van der Waals surface area contributed by atoms with Gasteiger partial charge in [0.05, 0.1) is 0 Å². The molecule has 0 saturated heterocycles. The lowest BCUT2D eigenvalue weighted by atomic mass is 9.98. The van der Waals surface area contributed by atoms with Gasteiger partial charge in [-0.1, -0.05) is 66.6 Å². The van der Waals surface area contributed by atoms with Crippen LogP contribution in [-0.2, 0) is 14.3 Å². The van der Waals surface area contributed by atoms with Crippen molar-refractivity contribution in [3.05, 3.63) is 77.4 Å². The lowest BCUT2D eigenvalue weighted by molar-refractivity contribution is -0.140. The van der Waals surface area contributed by atoms with Gasteiger partial charge in [-0.15, -0.1) is 0 Å². The molecule has 0 aromatic heterocycles. The molecule has 0 bridgehead atoms. The number of anilines is 1. The number of aryl methyl sites for hydroxylation is 2. The molecule has 0 fully saturated rings. The molecule has 2 unspecified atom stereocenters. The van der Waals surface area contributed by atoms with Crippen molar-refractivity contribution < 1.29 is 19.1 Å². The Balaban J connectivity index is 2.00. The van der Waals surface area contributed by atoms with Gasteiger partial charge in [-0.2, -0.15) is 12.6 Å². The molecule has 0 aliphatic rings. The van der Waals surface area contributed by atoms with Crippen LogP contribution in [-0.4, -0.2) is 46.7 Å². The average molecular weight is 550 g/mol. The van der Waals surface area contributed by atoms with Gasteiger partial charge in [0.1, 0.15) is 17.7 Å². The van der Waals surface area contributed by atoms with Crippen LogP contribution in [0, 0.1) is 13.8 Å². The first kappa shape index (κ1) is 30.0. The summed E-state index contributed by atoms with van der Waals surface area (Å²) in [7, 11) is 0. The van der Waals surface area contributed by atoms with Gasteiger partial charge in [0, 0.05) is 18.0 Å². The van der Waals surface area contributed by atoms with Crippen LogP contribution in [0.3, 0.4) is 0 Å². The Morgan fingerprint density at radius 1 is 0.949 bits per heavy atom. The number of carbonyl (C=O) groups is 3. The summed E-state index contributed by atoms with van der Waals surface area (Å²) in [4.78, 5) is 41.9. The van der Waals surface area contributed by atoms with Gasteiger partial charge < -0.3 is 20.3 Å². The van der Waals surface area contributed by atoms with E-state index in [1.54, 1.807) is 20.8 Å². The van der Waals surface area contributed by atoms with Crippen molar-refractivity contribution in [1.29, 1.82) is 0 Å². The fourth-order valence-electron chi connectivity index (χ4n) is 4.56. The average Bonchev–Trinajstić information content (AvgIpc) is 2.85. The third-order valence-electron chi connectivity index (χ3n) is 6.06. The molecule has 0 heterocycles. The van der Waals surface area contributed by atoms with Gasteiger partial charge in [-0.25, -0.2) is 4.79 Å². The topological polar surface area (TPSA) is 87.7 Å². The summed E-state index contributed by atoms with van der Waals surface area (Å²) in [6.45, 7) is 11.4. The zero-order valence-electron chi connectivity index (χ0n) is 23.6. The van der Waals surface area contributed by atoms with Gasteiger partial charge in [-0.05, 0) is 69.5 Å². The lowest BCUT2D eigenvalue weighted by Crippen LogP contribution is -2.53. The molecule has 0 aliphatic carbocycles. The summed E-state index contributed by atoms with van der Waals surface area (Å²) >= 11 is 4.34.